The summed E-state index contributed by atoms with van der Waals surface area (Å²) in [4.78, 5) is 12.6. The summed E-state index contributed by atoms with van der Waals surface area (Å²) in [5.74, 6) is 1.98. The van der Waals surface area contributed by atoms with Crippen LogP contribution in [0, 0.1) is 0 Å². The standard InChI is InChI=1S/C23H31NO4/c1-6-18-11-9-10-12-20(18)28-17(5)23(25)24-16(4)19-13-14-21(26-7-2)22(15-19)27-8-3/h9-17H,6-8H2,1-5H3,(H,24,25)/t16-,17-/m1/s1. The van der Waals surface area contributed by atoms with Crippen LogP contribution in [-0.4, -0.2) is 25.2 Å². The molecular formula is C23H31NO4. The quantitative estimate of drug-likeness (QED) is 0.644. The van der Waals surface area contributed by atoms with Gasteiger partial charge < -0.3 is 19.5 Å². The first kappa shape index (κ1) is 21.6. The van der Waals surface area contributed by atoms with Crippen LogP contribution in [0.25, 0.3) is 0 Å². The van der Waals surface area contributed by atoms with Gasteiger partial charge in [-0.3, -0.25) is 4.79 Å². The van der Waals surface area contributed by atoms with Crippen molar-refractivity contribution in [3.8, 4) is 17.2 Å². The smallest absolute Gasteiger partial charge is 0.261 e. The van der Waals surface area contributed by atoms with Gasteiger partial charge in [-0.25, -0.2) is 0 Å². The fraction of sp³-hybridized carbons (Fsp3) is 0.435. The molecule has 0 aliphatic heterocycles. The zero-order chi connectivity index (χ0) is 20.5. The fourth-order valence-corrected chi connectivity index (χ4v) is 2.91. The molecule has 0 fully saturated rings. The minimum atomic E-state index is -0.593. The van der Waals surface area contributed by atoms with Crippen LogP contribution in [0.5, 0.6) is 17.2 Å². The Balaban J connectivity index is 2.05. The largest absolute Gasteiger partial charge is 0.490 e. The molecule has 1 N–H and O–H groups in total. The van der Waals surface area contributed by atoms with Crippen LogP contribution in [0.3, 0.4) is 0 Å². The SMILES string of the molecule is CCOc1ccc([C@@H](C)NC(=O)[C@@H](C)Oc2ccccc2CC)cc1OCC. The average molecular weight is 386 g/mol. The van der Waals surface area contributed by atoms with Crippen molar-refractivity contribution in [2.24, 2.45) is 0 Å². The lowest BCUT2D eigenvalue weighted by Gasteiger charge is -2.21. The summed E-state index contributed by atoms with van der Waals surface area (Å²) in [5.41, 5.74) is 2.03. The number of rotatable bonds is 10. The molecule has 5 heteroatoms. The summed E-state index contributed by atoms with van der Waals surface area (Å²) in [5, 5.41) is 3.01. The van der Waals surface area contributed by atoms with E-state index >= 15 is 0 Å². The van der Waals surface area contributed by atoms with Crippen LogP contribution in [0.15, 0.2) is 42.5 Å². The van der Waals surface area contributed by atoms with Crippen LogP contribution < -0.4 is 19.5 Å². The van der Waals surface area contributed by atoms with Gasteiger partial charge >= 0.3 is 0 Å². The second-order valence-electron chi connectivity index (χ2n) is 6.52. The van der Waals surface area contributed by atoms with E-state index in [1.165, 1.54) is 0 Å². The van der Waals surface area contributed by atoms with Gasteiger partial charge in [-0.15, -0.1) is 0 Å². The minimum Gasteiger partial charge on any atom is -0.490 e. The van der Waals surface area contributed by atoms with Crippen LogP contribution in [-0.2, 0) is 11.2 Å². The molecule has 0 heterocycles. The monoisotopic (exact) mass is 385 g/mol. The number of para-hydroxylation sites is 1. The predicted octanol–water partition coefficient (Wildman–Crippen LogP) is 4.69. The summed E-state index contributed by atoms with van der Waals surface area (Å²) < 4.78 is 17.2. The van der Waals surface area contributed by atoms with Crippen molar-refractivity contribution in [2.75, 3.05) is 13.2 Å². The highest BCUT2D eigenvalue weighted by molar-refractivity contribution is 5.81. The minimum absolute atomic E-state index is 0.162. The first-order chi connectivity index (χ1) is 13.5. The maximum Gasteiger partial charge on any atom is 0.261 e. The number of benzene rings is 2. The summed E-state index contributed by atoms with van der Waals surface area (Å²) >= 11 is 0. The normalized spacial score (nSPS) is 12.8. The number of hydrogen-bond acceptors (Lipinski definition) is 4. The van der Waals surface area contributed by atoms with Crippen LogP contribution in [0.2, 0.25) is 0 Å². The highest BCUT2D eigenvalue weighted by atomic mass is 16.5. The van der Waals surface area contributed by atoms with Crippen molar-refractivity contribution in [1.82, 2.24) is 5.32 Å². The Morgan fingerprint density at radius 1 is 0.929 bits per heavy atom. The van der Waals surface area contributed by atoms with Gasteiger partial charge in [-0.05, 0) is 63.4 Å². The summed E-state index contributed by atoms with van der Waals surface area (Å²) in [6, 6.07) is 13.3. The lowest BCUT2D eigenvalue weighted by molar-refractivity contribution is -0.127. The summed E-state index contributed by atoms with van der Waals surface area (Å²) in [6.07, 6.45) is 0.261. The third-order valence-electron chi connectivity index (χ3n) is 4.45. The molecule has 2 atom stereocenters. The van der Waals surface area contributed by atoms with Gasteiger partial charge in [0.25, 0.3) is 5.91 Å². The molecule has 0 saturated heterocycles. The molecule has 2 rings (SSSR count). The molecule has 0 saturated carbocycles. The van der Waals surface area contributed by atoms with Gasteiger partial charge in [0.2, 0.25) is 0 Å². The number of carbonyl (C=O) groups excluding carboxylic acids is 1. The molecule has 0 aliphatic carbocycles. The fourth-order valence-electron chi connectivity index (χ4n) is 2.91. The first-order valence-electron chi connectivity index (χ1n) is 9.94. The third-order valence-corrected chi connectivity index (χ3v) is 4.45. The van der Waals surface area contributed by atoms with E-state index in [4.69, 9.17) is 14.2 Å². The van der Waals surface area contributed by atoms with Crippen LogP contribution >= 0.6 is 0 Å². The topological polar surface area (TPSA) is 56.8 Å². The van der Waals surface area contributed by atoms with Crippen molar-refractivity contribution in [3.63, 3.8) is 0 Å². The van der Waals surface area contributed by atoms with E-state index in [9.17, 15) is 4.79 Å². The average Bonchev–Trinajstić information content (AvgIpc) is 2.69. The van der Waals surface area contributed by atoms with Gasteiger partial charge in [0.15, 0.2) is 17.6 Å². The number of ether oxygens (including phenoxy) is 3. The Bertz CT molecular complexity index is 775. The van der Waals surface area contributed by atoms with E-state index in [1.807, 2.05) is 63.2 Å². The van der Waals surface area contributed by atoms with E-state index in [1.54, 1.807) is 6.92 Å². The predicted molar refractivity (Wildman–Crippen MR) is 111 cm³/mol. The van der Waals surface area contributed by atoms with Crippen molar-refractivity contribution in [3.05, 3.63) is 53.6 Å². The van der Waals surface area contributed by atoms with Gasteiger partial charge in [0.05, 0.1) is 19.3 Å². The maximum atomic E-state index is 12.6. The Labute approximate surface area is 168 Å². The molecule has 0 spiro atoms. The zero-order valence-corrected chi connectivity index (χ0v) is 17.5. The molecule has 5 nitrogen and oxygen atoms in total. The molecular weight excluding hydrogens is 354 g/mol. The molecule has 0 bridgehead atoms. The number of amides is 1. The lowest BCUT2D eigenvalue weighted by atomic mass is 10.1. The number of nitrogens with one attached hydrogen (secondary N) is 1. The van der Waals surface area contributed by atoms with Crippen molar-refractivity contribution in [2.45, 2.75) is 53.2 Å². The number of hydrogen-bond donors (Lipinski definition) is 1. The third kappa shape index (κ3) is 5.65. The lowest BCUT2D eigenvalue weighted by Crippen LogP contribution is -2.37. The van der Waals surface area contributed by atoms with E-state index in [2.05, 4.69) is 12.2 Å². The highest BCUT2D eigenvalue weighted by Crippen LogP contribution is 2.30. The summed E-state index contributed by atoms with van der Waals surface area (Å²) in [7, 11) is 0. The van der Waals surface area contributed by atoms with E-state index in [0.717, 1.165) is 23.3 Å². The molecule has 2 aromatic carbocycles. The van der Waals surface area contributed by atoms with Gasteiger partial charge in [0.1, 0.15) is 5.75 Å². The van der Waals surface area contributed by atoms with Gasteiger partial charge in [-0.2, -0.15) is 0 Å². The molecule has 0 aromatic heterocycles. The second-order valence-corrected chi connectivity index (χ2v) is 6.52. The number of aryl methyl sites for hydroxylation is 1. The van der Waals surface area contributed by atoms with Crippen LogP contribution in [0.4, 0.5) is 0 Å². The Morgan fingerprint density at radius 2 is 1.61 bits per heavy atom. The van der Waals surface area contributed by atoms with E-state index < -0.39 is 6.10 Å². The van der Waals surface area contributed by atoms with Crippen molar-refractivity contribution in [1.29, 1.82) is 0 Å². The highest BCUT2D eigenvalue weighted by Gasteiger charge is 2.19. The Hall–Kier alpha value is -2.69. The van der Waals surface area contributed by atoms with Crippen LogP contribution in [0.1, 0.15) is 51.8 Å². The number of carbonyl (C=O) groups is 1. The Morgan fingerprint density at radius 3 is 2.29 bits per heavy atom. The van der Waals surface area contributed by atoms with Crippen molar-refractivity contribution >= 4 is 5.91 Å². The zero-order valence-electron chi connectivity index (χ0n) is 17.5. The molecule has 2 aromatic rings. The van der Waals surface area contributed by atoms with Crippen molar-refractivity contribution < 1.29 is 19.0 Å². The molecule has 0 aliphatic rings. The first-order valence-corrected chi connectivity index (χ1v) is 9.94. The second kappa shape index (κ2) is 10.6. The Kier molecular flexibility index (Phi) is 8.18. The molecule has 0 unspecified atom stereocenters. The maximum absolute atomic E-state index is 12.6. The summed E-state index contributed by atoms with van der Waals surface area (Å²) in [6.45, 7) is 10.8. The molecule has 0 radical (unpaired) electrons. The molecule has 28 heavy (non-hydrogen) atoms. The van der Waals surface area contributed by atoms with E-state index in [-0.39, 0.29) is 11.9 Å². The van der Waals surface area contributed by atoms with Gasteiger partial charge in [-0.1, -0.05) is 31.2 Å². The molecule has 152 valence electrons. The van der Waals surface area contributed by atoms with E-state index in [0.29, 0.717) is 24.7 Å². The van der Waals surface area contributed by atoms with Gasteiger partial charge in [0, 0.05) is 0 Å². The molecule has 1 amide bonds.